The van der Waals surface area contributed by atoms with Gasteiger partial charge in [-0.25, -0.2) is 4.99 Å². The Hall–Kier alpha value is -1.31. The van der Waals surface area contributed by atoms with Crippen LogP contribution in [0.1, 0.15) is 50.7 Å². The summed E-state index contributed by atoms with van der Waals surface area (Å²) in [5, 5.41) is 3.44. The molecule has 1 amide bonds. The molecule has 3 rings (SSSR count). The molecule has 2 fully saturated rings. The minimum atomic E-state index is 0. The Bertz CT molecular complexity index is 641. The number of hydrogen-bond donors (Lipinski definition) is 1. The van der Waals surface area contributed by atoms with E-state index in [2.05, 4.69) is 48.3 Å². The van der Waals surface area contributed by atoms with Crippen LogP contribution in [0.25, 0.3) is 0 Å². The lowest BCUT2D eigenvalue weighted by molar-refractivity contribution is -0.128. The van der Waals surface area contributed by atoms with Gasteiger partial charge >= 0.3 is 0 Å². The number of likely N-dealkylation sites (tertiary alicyclic amines) is 2. The van der Waals surface area contributed by atoms with Gasteiger partial charge in [0.05, 0.1) is 6.54 Å². The first kappa shape index (κ1) is 22.0. The maximum atomic E-state index is 11.8. The zero-order chi connectivity index (χ0) is 18.4. The van der Waals surface area contributed by atoms with E-state index in [0.29, 0.717) is 13.0 Å². The van der Waals surface area contributed by atoms with Crippen molar-refractivity contribution in [3.63, 3.8) is 0 Å². The molecule has 0 radical (unpaired) electrons. The number of rotatable bonds is 5. The Kier molecular flexibility index (Phi) is 8.86. The summed E-state index contributed by atoms with van der Waals surface area (Å²) < 4.78 is 0. The number of carbonyl (C=O) groups is 1. The van der Waals surface area contributed by atoms with Crippen molar-refractivity contribution in [3.05, 3.63) is 35.4 Å². The van der Waals surface area contributed by atoms with Gasteiger partial charge in [0.25, 0.3) is 0 Å². The second kappa shape index (κ2) is 10.9. The molecule has 5 nitrogen and oxygen atoms in total. The van der Waals surface area contributed by atoms with Crippen LogP contribution in [0.5, 0.6) is 0 Å². The summed E-state index contributed by atoms with van der Waals surface area (Å²) >= 11 is 0. The largest absolute Gasteiger partial charge is 0.357 e. The van der Waals surface area contributed by atoms with Gasteiger partial charge in [0.2, 0.25) is 5.91 Å². The van der Waals surface area contributed by atoms with Crippen molar-refractivity contribution in [2.45, 2.75) is 52.6 Å². The van der Waals surface area contributed by atoms with E-state index in [1.807, 2.05) is 4.90 Å². The number of halogens is 1. The highest BCUT2D eigenvalue weighted by molar-refractivity contribution is 14.0. The first-order valence-corrected chi connectivity index (χ1v) is 10.0. The Labute approximate surface area is 180 Å². The summed E-state index contributed by atoms with van der Waals surface area (Å²) in [4.78, 5) is 21.1. The van der Waals surface area contributed by atoms with Crippen molar-refractivity contribution in [1.29, 1.82) is 0 Å². The quantitative estimate of drug-likeness (QED) is 0.395. The highest BCUT2D eigenvalue weighted by Crippen LogP contribution is 2.17. The van der Waals surface area contributed by atoms with Crippen LogP contribution < -0.4 is 5.32 Å². The molecule has 0 bridgehead atoms. The van der Waals surface area contributed by atoms with Gasteiger partial charge in [0.15, 0.2) is 5.96 Å². The Balaban J connectivity index is 0.00000261. The predicted molar refractivity (Wildman–Crippen MR) is 121 cm³/mol. The minimum Gasteiger partial charge on any atom is -0.357 e. The summed E-state index contributed by atoms with van der Waals surface area (Å²) in [6.07, 6.45) is 4.17. The highest BCUT2D eigenvalue weighted by atomic mass is 127. The van der Waals surface area contributed by atoms with Crippen molar-refractivity contribution in [1.82, 2.24) is 15.1 Å². The van der Waals surface area contributed by atoms with Crippen LogP contribution in [0.3, 0.4) is 0 Å². The van der Waals surface area contributed by atoms with Crippen LogP contribution in [0, 0.1) is 5.92 Å². The molecule has 2 aliphatic rings. The Morgan fingerprint density at radius 1 is 1.22 bits per heavy atom. The number of hydrogen-bond acceptors (Lipinski definition) is 2. The molecule has 1 aromatic rings. The van der Waals surface area contributed by atoms with Gasteiger partial charge in [0, 0.05) is 39.1 Å². The number of benzene rings is 1. The van der Waals surface area contributed by atoms with Crippen LogP contribution in [0.2, 0.25) is 0 Å². The Morgan fingerprint density at radius 2 is 1.96 bits per heavy atom. The molecule has 0 spiro atoms. The number of aliphatic imine (C=N–C) groups is 1. The van der Waals surface area contributed by atoms with Gasteiger partial charge in [-0.3, -0.25) is 4.79 Å². The van der Waals surface area contributed by atoms with E-state index >= 15 is 0 Å². The van der Waals surface area contributed by atoms with E-state index < -0.39 is 0 Å². The molecule has 0 atom stereocenters. The van der Waals surface area contributed by atoms with Crippen LogP contribution in [-0.2, 0) is 17.9 Å². The fourth-order valence-electron chi connectivity index (χ4n) is 3.73. The highest BCUT2D eigenvalue weighted by Gasteiger charge is 2.20. The minimum absolute atomic E-state index is 0. The first-order chi connectivity index (χ1) is 12.7. The van der Waals surface area contributed by atoms with Crippen LogP contribution in [0.4, 0.5) is 0 Å². The first-order valence-electron chi connectivity index (χ1n) is 10.0. The van der Waals surface area contributed by atoms with Gasteiger partial charge in [-0.1, -0.05) is 31.2 Å². The van der Waals surface area contributed by atoms with Crippen molar-refractivity contribution < 1.29 is 4.79 Å². The molecule has 6 heteroatoms. The topological polar surface area (TPSA) is 47.9 Å². The number of amides is 1. The average molecular weight is 484 g/mol. The number of piperidine rings is 1. The molecule has 0 saturated carbocycles. The maximum Gasteiger partial charge on any atom is 0.222 e. The Morgan fingerprint density at radius 3 is 2.63 bits per heavy atom. The second-order valence-electron chi connectivity index (χ2n) is 7.58. The fraction of sp³-hybridized carbons (Fsp3) is 0.619. The lowest BCUT2D eigenvalue weighted by Gasteiger charge is -2.33. The SMILES string of the molecule is CCNC(=NCc1cccc(CN2CCCC2=O)c1)N1CCC(C)CC1.I. The molecule has 0 aromatic heterocycles. The third-order valence-corrected chi connectivity index (χ3v) is 5.37. The summed E-state index contributed by atoms with van der Waals surface area (Å²) in [5.74, 6) is 2.13. The molecule has 0 unspecified atom stereocenters. The molecule has 1 N–H and O–H groups in total. The molecule has 2 aliphatic heterocycles. The molecule has 27 heavy (non-hydrogen) atoms. The molecule has 2 saturated heterocycles. The van der Waals surface area contributed by atoms with Crippen molar-refractivity contribution in [2.24, 2.45) is 10.9 Å². The van der Waals surface area contributed by atoms with Crippen molar-refractivity contribution >= 4 is 35.8 Å². The smallest absolute Gasteiger partial charge is 0.222 e. The van der Waals surface area contributed by atoms with Crippen molar-refractivity contribution in [3.8, 4) is 0 Å². The number of guanidine groups is 1. The number of carbonyl (C=O) groups excluding carboxylic acids is 1. The monoisotopic (exact) mass is 484 g/mol. The summed E-state index contributed by atoms with van der Waals surface area (Å²) in [5.41, 5.74) is 2.40. The summed E-state index contributed by atoms with van der Waals surface area (Å²) in [7, 11) is 0. The normalized spacial score (nSPS) is 18.6. The maximum absolute atomic E-state index is 11.8. The third kappa shape index (κ3) is 6.36. The van der Waals surface area contributed by atoms with Crippen LogP contribution in [-0.4, -0.2) is 47.8 Å². The lowest BCUT2D eigenvalue weighted by atomic mass is 10.00. The van der Waals surface area contributed by atoms with E-state index in [1.165, 1.54) is 24.0 Å². The summed E-state index contributed by atoms with van der Waals surface area (Å²) in [6.45, 7) is 9.81. The van der Waals surface area contributed by atoms with Gasteiger partial charge < -0.3 is 15.1 Å². The van der Waals surface area contributed by atoms with E-state index in [9.17, 15) is 4.79 Å². The molecule has 150 valence electrons. The zero-order valence-corrected chi connectivity index (χ0v) is 18.9. The zero-order valence-electron chi connectivity index (χ0n) is 16.6. The third-order valence-electron chi connectivity index (χ3n) is 5.37. The van der Waals surface area contributed by atoms with E-state index in [-0.39, 0.29) is 29.9 Å². The van der Waals surface area contributed by atoms with E-state index in [0.717, 1.165) is 51.0 Å². The fourth-order valence-corrected chi connectivity index (χ4v) is 3.73. The van der Waals surface area contributed by atoms with E-state index in [4.69, 9.17) is 4.99 Å². The standard InChI is InChI=1S/C21H32N4O.HI/c1-3-22-21(24-12-9-17(2)10-13-24)23-15-18-6-4-7-19(14-18)16-25-11-5-8-20(25)26;/h4,6-7,14,17H,3,5,8-13,15-16H2,1-2H3,(H,22,23);1H. The number of nitrogens with one attached hydrogen (secondary N) is 1. The van der Waals surface area contributed by atoms with Gasteiger partial charge in [-0.2, -0.15) is 0 Å². The molecule has 2 heterocycles. The lowest BCUT2D eigenvalue weighted by Crippen LogP contribution is -2.45. The van der Waals surface area contributed by atoms with Gasteiger partial charge in [0.1, 0.15) is 0 Å². The molecule has 0 aliphatic carbocycles. The van der Waals surface area contributed by atoms with Crippen LogP contribution in [0.15, 0.2) is 29.3 Å². The van der Waals surface area contributed by atoms with Gasteiger partial charge in [-0.05, 0) is 43.2 Å². The molecular weight excluding hydrogens is 451 g/mol. The second-order valence-corrected chi connectivity index (χ2v) is 7.58. The average Bonchev–Trinajstić information content (AvgIpc) is 3.04. The molecular formula is C21H33IN4O. The van der Waals surface area contributed by atoms with Crippen molar-refractivity contribution in [2.75, 3.05) is 26.2 Å². The van der Waals surface area contributed by atoms with Crippen LogP contribution >= 0.6 is 24.0 Å². The van der Waals surface area contributed by atoms with E-state index in [1.54, 1.807) is 0 Å². The predicted octanol–water partition coefficient (Wildman–Crippen LogP) is 3.62. The number of nitrogens with zero attached hydrogens (tertiary/aromatic N) is 3. The summed E-state index contributed by atoms with van der Waals surface area (Å²) in [6, 6.07) is 8.50. The molecule has 1 aromatic carbocycles. The van der Waals surface area contributed by atoms with Gasteiger partial charge in [-0.15, -0.1) is 24.0 Å².